The average molecular weight is 440 g/mol. The van der Waals surface area contributed by atoms with E-state index in [2.05, 4.69) is 24.0 Å². The minimum atomic E-state index is -3.58. The Morgan fingerprint density at radius 3 is 2.41 bits per heavy atom. The summed E-state index contributed by atoms with van der Waals surface area (Å²) in [7, 11) is -3.58. The van der Waals surface area contributed by atoms with Crippen molar-refractivity contribution in [2.24, 2.45) is 11.7 Å². The molecule has 2 aromatic rings. The van der Waals surface area contributed by atoms with Crippen molar-refractivity contribution in [3.63, 3.8) is 0 Å². The summed E-state index contributed by atoms with van der Waals surface area (Å²) in [5.41, 5.74) is 6.04. The SMILES string of the molecule is CCN(CC)S(=O)(=O)c1cccc(-c2nnc(S[C@@H](C)C(N)=O)n2CC(C)C)c1. The molecular formula is C19H29N5O3S2. The smallest absolute Gasteiger partial charge is 0.243 e. The van der Waals surface area contributed by atoms with Gasteiger partial charge in [-0.15, -0.1) is 10.2 Å². The molecule has 0 spiro atoms. The number of amides is 1. The number of hydrogen-bond donors (Lipinski definition) is 1. The number of nitrogens with two attached hydrogens (primary N) is 1. The molecule has 10 heteroatoms. The molecule has 0 radical (unpaired) electrons. The summed E-state index contributed by atoms with van der Waals surface area (Å²) in [5, 5.41) is 8.66. The lowest BCUT2D eigenvalue weighted by atomic mass is 10.2. The largest absolute Gasteiger partial charge is 0.369 e. The van der Waals surface area contributed by atoms with Crippen LogP contribution in [0.25, 0.3) is 11.4 Å². The van der Waals surface area contributed by atoms with Crippen LogP contribution in [0, 0.1) is 5.92 Å². The molecule has 0 saturated carbocycles. The molecular weight excluding hydrogens is 410 g/mol. The first-order valence-electron chi connectivity index (χ1n) is 9.61. The Balaban J connectivity index is 2.52. The molecule has 0 aliphatic rings. The minimum Gasteiger partial charge on any atom is -0.369 e. The van der Waals surface area contributed by atoms with Gasteiger partial charge in [-0.25, -0.2) is 8.42 Å². The van der Waals surface area contributed by atoms with Crippen LogP contribution in [0.5, 0.6) is 0 Å². The fraction of sp³-hybridized carbons (Fsp3) is 0.526. The highest BCUT2D eigenvalue weighted by molar-refractivity contribution is 8.00. The standard InChI is InChI=1S/C19H29N5O3S2/c1-6-23(7-2)29(26,27)16-10-8-9-15(11-16)18-21-22-19(24(18)12-13(3)4)28-14(5)17(20)25/h8-11,13-14H,6-7,12H2,1-5H3,(H2,20,25)/t14-/m0/s1. The molecule has 29 heavy (non-hydrogen) atoms. The Bertz CT molecular complexity index is 953. The molecule has 0 aliphatic heterocycles. The number of benzene rings is 1. The van der Waals surface area contributed by atoms with Crippen LogP contribution in [0.4, 0.5) is 0 Å². The number of thioether (sulfide) groups is 1. The van der Waals surface area contributed by atoms with Crippen molar-refractivity contribution in [1.82, 2.24) is 19.1 Å². The van der Waals surface area contributed by atoms with E-state index in [-0.39, 0.29) is 4.90 Å². The van der Waals surface area contributed by atoms with E-state index in [0.717, 1.165) is 0 Å². The molecule has 1 amide bonds. The summed E-state index contributed by atoms with van der Waals surface area (Å²) in [5.74, 6) is 0.438. The maximum atomic E-state index is 12.9. The molecule has 0 unspecified atom stereocenters. The normalized spacial score (nSPS) is 13.2. The van der Waals surface area contributed by atoms with Crippen LogP contribution >= 0.6 is 11.8 Å². The maximum absolute atomic E-state index is 12.9. The first-order valence-corrected chi connectivity index (χ1v) is 11.9. The maximum Gasteiger partial charge on any atom is 0.243 e. The van der Waals surface area contributed by atoms with Crippen LogP contribution in [-0.2, 0) is 21.4 Å². The molecule has 2 rings (SSSR count). The number of sulfonamides is 1. The zero-order valence-corrected chi connectivity index (χ0v) is 19.1. The minimum absolute atomic E-state index is 0.220. The van der Waals surface area contributed by atoms with E-state index in [4.69, 9.17) is 5.73 Å². The van der Waals surface area contributed by atoms with E-state index < -0.39 is 21.2 Å². The van der Waals surface area contributed by atoms with Crippen molar-refractivity contribution < 1.29 is 13.2 Å². The van der Waals surface area contributed by atoms with E-state index in [1.807, 2.05) is 24.5 Å². The number of nitrogens with zero attached hydrogens (tertiary/aromatic N) is 4. The number of hydrogen-bond acceptors (Lipinski definition) is 6. The zero-order valence-electron chi connectivity index (χ0n) is 17.5. The predicted molar refractivity (Wildman–Crippen MR) is 115 cm³/mol. The molecule has 0 aliphatic carbocycles. The highest BCUT2D eigenvalue weighted by Gasteiger charge is 2.24. The average Bonchev–Trinajstić information content (AvgIpc) is 3.04. The first kappa shape index (κ1) is 23.4. The van der Waals surface area contributed by atoms with E-state index in [1.54, 1.807) is 25.1 Å². The Morgan fingerprint density at radius 1 is 1.21 bits per heavy atom. The van der Waals surface area contributed by atoms with E-state index >= 15 is 0 Å². The molecule has 0 fully saturated rings. The number of aromatic nitrogens is 3. The number of primary amides is 1. The van der Waals surface area contributed by atoms with Gasteiger partial charge in [0.2, 0.25) is 15.9 Å². The van der Waals surface area contributed by atoms with Gasteiger partial charge in [-0.1, -0.05) is 51.6 Å². The monoisotopic (exact) mass is 439 g/mol. The van der Waals surface area contributed by atoms with Crippen LogP contribution in [0.2, 0.25) is 0 Å². The summed E-state index contributed by atoms with van der Waals surface area (Å²) in [6.45, 7) is 10.9. The summed E-state index contributed by atoms with van der Waals surface area (Å²) in [4.78, 5) is 11.7. The first-order chi connectivity index (χ1) is 13.6. The van der Waals surface area contributed by atoms with E-state index in [0.29, 0.717) is 42.1 Å². The van der Waals surface area contributed by atoms with Crippen molar-refractivity contribution in [2.75, 3.05) is 13.1 Å². The molecule has 160 valence electrons. The Labute approximate surface area is 176 Å². The van der Waals surface area contributed by atoms with Crippen molar-refractivity contribution in [3.8, 4) is 11.4 Å². The molecule has 0 bridgehead atoms. The van der Waals surface area contributed by atoms with Gasteiger partial charge in [0.25, 0.3) is 0 Å². The lowest BCUT2D eigenvalue weighted by Crippen LogP contribution is -2.30. The molecule has 0 saturated heterocycles. The van der Waals surface area contributed by atoms with Crippen LogP contribution in [-0.4, -0.2) is 51.7 Å². The topological polar surface area (TPSA) is 111 Å². The van der Waals surface area contributed by atoms with Gasteiger partial charge in [-0.05, 0) is 25.0 Å². The fourth-order valence-electron chi connectivity index (χ4n) is 2.84. The van der Waals surface area contributed by atoms with Gasteiger partial charge < -0.3 is 10.3 Å². The lowest BCUT2D eigenvalue weighted by Gasteiger charge is -2.19. The van der Waals surface area contributed by atoms with Gasteiger partial charge >= 0.3 is 0 Å². The second-order valence-corrected chi connectivity index (χ2v) is 10.3. The third-order valence-corrected chi connectivity index (χ3v) is 7.53. The quantitative estimate of drug-likeness (QED) is 0.570. The third-order valence-electron chi connectivity index (χ3n) is 4.38. The van der Waals surface area contributed by atoms with Crippen LogP contribution in [0.3, 0.4) is 0 Å². The fourth-order valence-corrected chi connectivity index (χ4v) is 5.16. The van der Waals surface area contributed by atoms with Gasteiger partial charge in [-0.2, -0.15) is 4.31 Å². The van der Waals surface area contributed by atoms with Gasteiger partial charge in [0, 0.05) is 25.2 Å². The summed E-state index contributed by atoms with van der Waals surface area (Å²) in [6.07, 6.45) is 0. The van der Waals surface area contributed by atoms with Crippen LogP contribution in [0.1, 0.15) is 34.6 Å². The van der Waals surface area contributed by atoms with Gasteiger partial charge in [0.05, 0.1) is 10.1 Å². The van der Waals surface area contributed by atoms with Gasteiger partial charge in [-0.3, -0.25) is 4.79 Å². The Kier molecular flexibility index (Phi) is 7.84. The Hall–Kier alpha value is -1.91. The van der Waals surface area contributed by atoms with Gasteiger partial charge in [0.15, 0.2) is 11.0 Å². The molecule has 1 atom stereocenters. The Morgan fingerprint density at radius 2 is 1.86 bits per heavy atom. The zero-order chi connectivity index (χ0) is 21.8. The lowest BCUT2D eigenvalue weighted by molar-refractivity contribution is -0.117. The van der Waals surface area contributed by atoms with Crippen molar-refractivity contribution in [3.05, 3.63) is 24.3 Å². The molecule has 1 aromatic heterocycles. The number of carbonyl (C=O) groups excluding carboxylic acids is 1. The van der Waals surface area contributed by atoms with E-state index in [9.17, 15) is 13.2 Å². The van der Waals surface area contributed by atoms with E-state index in [1.165, 1.54) is 16.1 Å². The van der Waals surface area contributed by atoms with Crippen molar-refractivity contribution in [2.45, 2.75) is 56.5 Å². The second-order valence-electron chi connectivity index (χ2n) is 7.09. The van der Waals surface area contributed by atoms with Crippen LogP contribution in [0.15, 0.2) is 34.3 Å². The van der Waals surface area contributed by atoms with Crippen molar-refractivity contribution in [1.29, 1.82) is 0 Å². The van der Waals surface area contributed by atoms with Crippen molar-refractivity contribution >= 4 is 27.7 Å². The predicted octanol–water partition coefficient (Wildman–Crippen LogP) is 2.60. The summed E-state index contributed by atoms with van der Waals surface area (Å²) in [6, 6.07) is 6.73. The molecule has 1 aromatic carbocycles. The van der Waals surface area contributed by atoms with Gasteiger partial charge in [0.1, 0.15) is 0 Å². The number of carbonyl (C=O) groups is 1. The highest BCUT2D eigenvalue weighted by atomic mass is 32.2. The molecule has 1 heterocycles. The third kappa shape index (κ3) is 5.37. The summed E-state index contributed by atoms with van der Waals surface area (Å²) < 4.78 is 29.1. The molecule has 8 nitrogen and oxygen atoms in total. The summed E-state index contributed by atoms with van der Waals surface area (Å²) >= 11 is 1.25. The number of rotatable bonds is 10. The highest BCUT2D eigenvalue weighted by Crippen LogP contribution is 2.29. The molecule has 2 N–H and O–H groups in total. The van der Waals surface area contributed by atoms with Crippen LogP contribution < -0.4 is 5.73 Å². The second kappa shape index (κ2) is 9.73.